The Hall–Kier alpha value is -1.99. The summed E-state index contributed by atoms with van der Waals surface area (Å²) < 4.78 is 0. The third-order valence-corrected chi connectivity index (χ3v) is 4.83. The minimum absolute atomic E-state index is 1.28. The van der Waals surface area contributed by atoms with Crippen LogP contribution in [0.1, 0.15) is 16.7 Å². The first-order valence-electron chi connectivity index (χ1n) is 7.54. The molecule has 0 saturated carbocycles. The highest BCUT2D eigenvalue weighted by Gasteiger charge is 2.07. The van der Waals surface area contributed by atoms with Crippen molar-refractivity contribution in [2.75, 3.05) is 0 Å². The van der Waals surface area contributed by atoms with E-state index in [1.54, 1.807) is 0 Å². The molecule has 1 heteroatoms. The molecule has 3 rings (SSSR count). The Morgan fingerprint density at radius 1 is 0.591 bits per heavy atom. The van der Waals surface area contributed by atoms with E-state index >= 15 is 0 Å². The molecule has 0 amide bonds. The van der Waals surface area contributed by atoms with Crippen LogP contribution < -0.4 is 0 Å². The van der Waals surface area contributed by atoms with Gasteiger partial charge in [0.2, 0.25) is 0 Å². The summed E-state index contributed by atoms with van der Waals surface area (Å²) in [5.41, 5.74) is 6.48. The molecule has 0 aliphatic rings. The number of aryl methyl sites for hydroxylation is 3. The number of hydrogen-bond acceptors (Lipinski definition) is 1. The van der Waals surface area contributed by atoms with Gasteiger partial charge in [-0.25, -0.2) is 0 Å². The van der Waals surface area contributed by atoms with Gasteiger partial charge in [-0.15, -0.1) is 0 Å². The zero-order chi connectivity index (χ0) is 15.5. The fourth-order valence-corrected chi connectivity index (χ4v) is 3.37. The van der Waals surface area contributed by atoms with Gasteiger partial charge in [0.1, 0.15) is 0 Å². The second-order valence-electron chi connectivity index (χ2n) is 5.78. The largest absolute Gasteiger partial charge is 0.0895 e. The fraction of sp³-hybridized carbons (Fsp3) is 0.143. The van der Waals surface area contributed by atoms with E-state index in [0.717, 1.165) is 0 Å². The summed E-state index contributed by atoms with van der Waals surface area (Å²) in [5.74, 6) is 0. The molecule has 110 valence electrons. The Morgan fingerprint density at radius 3 is 1.77 bits per heavy atom. The summed E-state index contributed by atoms with van der Waals surface area (Å²) >= 11 is 1.83. The molecular formula is C21H20S. The molecule has 0 heterocycles. The molecule has 0 radical (unpaired) electrons. The van der Waals surface area contributed by atoms with E-state index in [9.17, 15) is 0 Å². The van der Waals surface area contributed by atoms with Gasteiger partial charge in [-0.05, 0) is 50.1 Å². The Bertz CT molecular complexity index is 768. The van der Waals surface area contributed by atoms with Gasteiger partial charge in [0.15, 0.2) is 0 Å². The van der Waals surface area contributed by atoms with Crippen molar-refractivity contribution in [3.8, 4) is 11.1 Å². The summed E-state index contributed by atoms with van der Waals surface area (Å²) in [5, 5.41) is 0. The Kier molecular flexibility index (Phi) is 4.35. The van der Waals surface area contributed by atoms with Crippen molar-refractivity contribution < 1.29 is 0 Å². The van der Waals surface area contributed by atoms with Crippen LogP contribution >= 0.6 is 11.8 Å². The van der Waals surface area contributed by atoms with Gasteiger partial charge in [-0.3, -0.25) is 0 Å². The van der Waals surface area contributed by atoms with Gasteiger partial charge >= 0.3 is 0 Å². The van der Waals surface area contributed by atoms with Crippen molar-refractivity contribution in [1.29, 1.82) is 0 Å². The average molecular weight is 304 g/mol. The topological polar surface area (TPSA) is 0 Å². The van der Waals surface area contributed by atoms with Gasteiger partial charge < -0.3 is 0 Å². The highest BCUT2D eigenvalue weighted by atomic mass is 32.2. The van der Waals surface area contributed by atoms with Crippen LogP contribution in [0.3, 0.4) is 0 Å². The quantitative estimate of drug-likeness (QED) is 0.537. The summed E-state index contributed by atoms with van der Waals surface area (Å²) in [7, 11) is 0. The minimum atomic E-state index is 1.28. The van der Waals surface area contributed by atoms with Crippen LogP contribution in [0.4, 0.5) is 0 Å². The molecular weight excluding hydrogens is 284 g/mol. The molecule has 0 fully saturated rings. The Labute approximate surface area is 137 Å². The summed E-state index contributed by atoms with van der Waals surface area (Å²) in [6.07, 6.45) is 0. The summed E-state index contributed by atoms with van der Waals surface area (Å²) in [4.78, 5) is 2.58. The lowest BCUT2D eigenvalue weighted by Crippen LogP contribution is -1.85. The number of hydrogen-bond donors (Lipinski definition) is 0. The van der Waals surface area contributed by atoms with Gasteiger partial charge in [0, 0.05) is 9.79 Å². The average Bonchev–Trinajstić information content (AvgIpc) is 2.52. The maximum atomic E-state index is 2.28. The van der Waals surface area contributed by atoms with Crippen molar-refractivity contribution >= 4 is 11.8 Å². The Balaban J connectivity index is 2.00. The van der Waals surface area contributed by atoms with E-state index in [0.29, 0.717) is 0 Å². The number of rotatable bonds is 3. The maximum absolute atomic E-state index is 2.28. The van der Waals surface area contributed by atoms with E-state index in [-0.39, 0.29) is 0 Å². The van der Waals surface area contributed by atoms with Crippen molar-refractivity contribution in [3.63, 3.8) is 0 Å². The molecule has 3 aromatic rings. The van der Waals surface area contributed by atoms with Crippen LogP contribution in [-0.4, -0.2) is 0 Å². The molecule has 0 unspecified atom stereocenters. The van der Waals surface area contributed by atoms with Gasteiger partial charge in [-0.2, -0.15) is 0 Å². The molecule has 0 aromatic heterocycles. The molecule has 22 heavy (non-hydrogen) atoms. The molecule has 0 aliphatic carbocycles. The first kappa shape index (κ1) is 14.9. The van der Waals surface area contributed by atoms with Crippen molar-refractivity contribution in [2.24, 2.45) is 0 Å². The predicted octanol–water partition coefficient (Wildman–Crippen LogP) is 6.43. The molecule has 0 nitrogen and oxygen atoms in total. The van der Waals surface area contributed by atoms with Crippen LogP contribution in [0.2, 0.25) is 0 Å². The van der Waals surface area contributed by atoms with Crippen LogP contribution in [0.25, 0.3) is 11.1 Å². The van der Waals surface area contributed by atoms with E-state index in [1.807, 2.05) is 11.8 Å². The van der Waals surface area contributed by atoms with Crippen LogP contribution in [0, 0.1) is 20.8 Å². The van der Waals surface area contributed by atoms with E-state index in [4.69, 9.17) is 0 Å². The maximum Gasteiger partial charge on any atom is 0.0201 e. The van der Waals surface area contributed by atoms with Crippen molar-refractivity contribution in [2.45, 2.75) is 30.6 Å². The smallest absolute Gasteiger partial charge is 0.0201 e. The molecule has 0 saturated heterocycles. The van der Waals surface area contributed by atoms with Gasteiger partial charge in [-0.1, -0.05) is 77.0 Å². The minimum Gasteiger partial charge on any atom is -0.0895 e. The van der Waals surface area contributed by atoms with Crippen LogP contribution in [0.15, 0.2) is 76.5 Å². The normalized spacial score (nSPS) is 10.7. The fourth-order valence-electron chi connectivity index (χ4n) is 2.42. The second kappa shape index (κ2) is 6.41. The summed E-state index contributed by atoms with van der Waals surface area (Å²) in [6.45, 7) is 6.40. The third kappa shape index (κ3) is 3.42. The molecule has 0 spiro atoms. The van der Waals surface area contributed by atoms with E-state index in [2.05, 4.69) is 87.5 Å². The summed E-state index contributed by atoms with van der Waals surface area (Å²) in [6, 6.07) is 24.2. The van der Waals surface area contributed by atoms with E-state index < -0.39 is 0 Å². The monoisotopic (exact) mass is 304 g/mol. The molecule has 0 bridgehead atoms. The van der Waals surface area contributed by atoms with E-state index in [1.165, 1.54) is 37.6 Å². The molecule has 0 N–H and O–H groups in total. The zero-order valence-corrected chi connectivity index (χ0v) is 14.1. The van der Waals surface area contributed by atoms with Gasteiger partial charge in [0.05, 0.1) is 0 Å². The predicted molar refractivity (Wildman–Crippen MR) is 96.7 cm³/mol. The Morgan fingerprint density at radius 2 is 1.14 bits per heavy atom. The standard InChI is InChI=1S/C21H20S/c1-15-4-9-18(10-5-15)20-14-17(3)8-13-21(20)22-19-11-6-16(2)7-12-19/h4-14H,1-3H3. The second-order valence-corrected chi connectivity index (χ2v) is 6.90. The molecule has 0 atom stereocenters. The van der Waals surface area contributed by atoms with Crippen LogP contribution in [0.5, 0.6) is 0 Å². The zero-order valence-electron chi connectivity index (χ0n) is 13.3. The highest BCUT2D eigenvalue weighted by Crippen LogP contribution is 2.36. The third-order valence-electron chi connectivity index (χ3n) is 3.75. The lowest BCUT2D eigenvalue weighted by atomic mass is 10.0. The van der Waals surface area contributed by atoms with Gasteiger partial charge in [0.25, 0.3) is 0 Å². The first-order chi connectivity index (χ1) is 10.6. The lowest BCUT2D eigenvalue weighted by Gasteiger charge is -2.11. The van der Waals surface area contributed by atoms with Crippen molar-refractivity contribution in [1.82, 2.24) is 0 Å². The SMILES string of the molecule is Cc1ccc(Sc2ccc(C)cc2-c2ccc(C)cc2)cc1. The number of benzene rings is 3. The van der Waals surface area contributed by atoms with Crippen LogP contribution in [-0.2, 0) is 0 Å². The molecule has 0 aliphatic heterocycles. The van der Waals surface area contributed by atoms with Crippen molar-refractivity contribution in [3.05, 3.63) is 83.4 Å². The molecule has 3 aromatic carbocycles. The highest BCUT2D eigenvalue weighted by molar-refractivity contribution is 7.99. The lowest BCUT2D eigenvalue weighted by molar-refractivity contribution is 1.34. The first-order valence-corrected chi connectivity index (χ1v) is 8.36.